The zero-order valence-electron chi connectivity index (χ0n) is 25.1. The Morgan fingerprint density at radius 3 is 2.44 bits per heavy atom. The van der Waals surface area contributed by atoms with Gasteiger partial charge in [-0.1, -0.05) is 82.5 Å². The number of fused-ring (bicyclic) bond motifs is 1. The van der Waals surface area contributed by atoms with Gasteiger partial charge in [-0.2, -0.15) is 0 Å². The van der Waals surface area contributed by atoms with Crippen LogP contribution in [-0.2, 0) is 16.8 Å². The molecule has 222 valence electrons. The van der Waals surface area contributed by atoms with Gasteiger partial charge in [0.25, 0.3) is 5.91 Å². The molecule has 6 rings (SSSR count). The lowest BCUT2D eigenvalue weighted by atomic mass is 9.87. The van der Waals surface area contributed by atoms with Crippen molar-refractivity contribution in [1.29, 1.82) is 0 Å². The van der Waals surface area contributed by atoms with Crippen LogP contribution in [0.2, 0.25) is 0 Å². The minimum absolute atomic E-state index is 0.0501. The van der Waals surface area contributed by atoms with Gasteiger partial charge in [0.2, 0.25) is 0 Å². The number of carbonyl (C=O) groups excluding carboxylic acids is 1. The first-order chi connectivity index (χ1) is 20.8. The van der Waals surface area contributed by atoms with Gasteiger partial charge >= 0.3 is 0 Å². The molecule has 1 amide bonds. The number of nitrogens with zero attached hydrogens (tertiary/aromatic N) is 3. The van der Waals surface area contributed by atoms with E-state index in [0.717, 1.165) is 47.9 Å². The molecule has 0 spiro atoms. The summed E-state index contributed by atoms with van der Waals surface area (Å²) < 4.78 is 22.8. The third-order valence-corrected chi connectivity index (χ3v) is 9.26. The van der Waals surface area contributed by atoms with E-state index in [1.165, 1.54) is 29.8 Å². The predicted octanol–water partition coefficient (Wildman–Crippen LogP) is 9.09. The van der Waals surface area contributed by atoms with Crippen molar-refractivity contribution in [3.63, 3.8) is 0 Å². The van der Waals surface area contributed by atoms with Gasteiger partial charge in [0.1, 0.15) is 23.9 Å². The van der Waals surface area contributed by atoms with Crippen molar-refractivity contribution in [2.24, 2.45) is 4.99 Å². The monoisotopic (exact) mass is 595 g/mol. The van der Waals surface area contributed by atoms with Crippen LogP contribution in [0.1, 0.15) is 64.0 Å². The van der Waals surface area contributed by atoms with E-state index >= 15 is 0 Å². The number of benzene rings is 3. The molecular formula is C36H38FN3O2S. The van der Waals surface area contributed by atoms with Crippen molar-refractivity contribution in [3.05, 3.63) is 101 Å². The summed E-state index contributed by atoms with van der Waals surface area (Å²) in [5.41, 5.74) is 3.68. The highest BCUT2D eigenvalue weighted by molar-refractivity contribution is 8.18. The van der Waals surface area contributed by atoms with E-state index in [4.69, 9.17) is 4.74 Å². The van der Waals surface area contributed by atoms with Gasteiger partial charge in [-0.05, 0) is 72.0 Å². The van der Waals surface area contributed by atoms with Gasteiger partial charge in [0.05, 0.1) is 11.4 Å². The summed E-state index contributed by atoms with van der Waals surface area (Å²) in [6.45, 7) is 7.80. The van der Waals surface area contributed by atoms with Gasteiger partial charge in [-0.15, -0.1) is 0 Å². The third kappa shape index (κ3) is 6.42. The van der Waals surface area contributed by atoms with E-state index in [0.29, 0.717) is 23.2 Å². The molecule has 43 heavy (non-hydrogen) atoms. The number of aromatic nitrogens is 1. The summed E-state index contributed by atoms with van der Waals surface area (Å²) in [5.74, 6) is 0.412. The third-order valence-electron chi connectivity index (χ3n) is 8.27. The Balaban J connectivity index is 1.26. The van der Waals surface area contributed by atoms with Crippen molar-refractivity contribution in [1.82, 2.24) is 9.47 Å². The Labute approximate surface area is 257 Å². The van der Waals surface area contributed by atoms with Crippen molar-refractivity contribution in [3.8, 4) is 5.75 Å². The van der Waals surface area contributed by atoms with Crippen LogP contribution in [0.4, 0.5) is 10.1 Å². The first kappa shape index (κ1) is 29.2. The maximum Gasteiger partial charge on any atom is 0.267 e. The van der Waals surface area contributed by atoms with Crippen molar-refractivity contribution in [2.75, 3.05) is 6.61 Å². The molecule has 2 heterocycles. The SMILES string of the molecule is CC(C)(C)c1ccc(OCCn2cc(/C=C3/SC(=Nc4ccccc4F)N(C4CCCCC4)C3=O)c3ccccc32)cc1. The average molecular weight is 596 g/mol. The number of amidine groups is 1. The molecule has 5 nitrogen and oxygen atoms in total. The van der Waals surface area contributed by atoms with Crippen LogP contribution in [0.5, 0.6) is 5.75 Å². The van der Waals surface area contributed by atoms with Crippen LogP contribution >= 0.6 is 11.8 Å². The van der Waals surface area contributed by atoms with E-state index in [1.54, 1.807) is 18.2 Å². The second-order valence-electron chi connectivity index (χ2n) is 12.3. The molecule has 2 aliphatic rings. The van der Waals surface area contributed by atoms with E-state index in [9.17, 15) is 9.18 Å². The number of rotatable bonds is 7. The Hall–Kier alpha value is -3.84. The highest BCUT2D eigenvalue weighted by Gasteiger charge is 2.39. The maximum absolute atomic E-state index is 14.6. The van der Waals surface area contributed by atoms with Crippen LogP contribution in [-0.4, -0.2) is 33.2 Å². The molecule has 3 aromatic carbocycles. The average Bonchev–Trinajstić information content (AvgIpc) is 3.51. The highest BCUT2D eigenvalue weighted by atomic mass is 32.2. The minimum atomic E-state index is -0.389. The van der Waals surface area contributed by atoms with E-state index < -0.39 is 0 Å². The normalized spacial score (nSPS) is 18.3. The summed E-state index contributed by atoms with van der Waals surface area (Å²) in [6.07, 6.45) is 9.29. The van der Waals surface area contributed by atoms with Gasteiger partial charge < -0.3 is 9.30 Å². The summed E-state index contributed by atoms with van der Waals surface area (Å²) in [4.78, 5) is 21.0. The lowest BCUT2D eigenvalue weighted by molar-refractivity contribution is -0.124. The number of amides is 1. The molecule has 7 heteroatoms. The Morgan fingerprint density at radius 2 is 1.70 bits per heavy atom. The van der Waals surface area contributed by atoms with Gasteiger partial charge in [-0.25, -0.2) is 9.38 Å². The topological polar surface area (TPSA) is 46.8 Å². The Bertz CT molecular complexity index is 1680. The lowest BCUT2D eigenvalue weighted by Crippen LogP contribution is -2.40. The number of hydrogen-bond acceptors (Lipinski definition) is 4. The number of halogens is 1. The maximum atomic E-state index is 14.6. The van der Waals surface area contributed by atoms with Gasteiger partial charge in [0.15, 0.2) is 5.17 Å². The largest absolute Gasteiger partial charge is 0.492 e. The summed E-state index contributed by atoms with van der Waals surface area (Å²) in [6, 6.07) is 23.1. The molecular weight excluding hydrogens is 557 g/mol. The van der Waals surface area contributed by atoms with E-state index in [2.05, 4.69) is 60.8 Å². The molecule has 0 bridgehead atoms. The molecule has 0 unspecified atom stereocenters. The van der Waals surface area contributed by atoms with Crippen LogP contribution in [0.15, 0.2) is 88.9 Å². The Kier molecular flexibility index (Phi) is 8.44. The quantitative estimate of drug-likeness (QED) is 0.200. The molecule has 0 N–H and O–H groups in total. The zero-order valence-corrected chi connectivity index (χ0v) is 25.9. The molecule has 2 fully saturated rings. The molecule has 4 aromatic rings. The molecule has 1 saturated carbocycles. The predicted molar refractivity (Wildman–Crippen MR) is 175 cm³/mol. The zero-order chi connectivity index (χ0) is 30.0. The summed E-state index contributed by atoms with van der Waals surface area (Å²) in [5, 5.41) is 1.63. The number of para-hydroxylation sites is 2. The van der Waals surface area contributed by atoms with E-state index in [1.807, 2.05) is 35.2 Å². The van der Waals surface area contributed by atoms with Crippen LogP contribution < -0.4 is 4.74 Å². The first-order valence-electron chi connectivity index (χ1n) is 15.2. The van der Waals surface area contributed by atoms with Crippen molar-refractivity contribution < 1.29 is 13.9 Å². The lowest BCUT2D eigenvalue weighted by Gasteiger charge is -2.30. The Morgan fingerprint density at radius 1 is 0.977 bits per heavy atom. The second-order valence-corrected chi connectivity index (χ2v) is 13.4. The fourth-order valence-corrected chi connectivity index (χ4v) is 6.94. The van der Waals surface area contributed by atoms with E-state index in [-0.39, 0.29) is 28.9 Å². The number of aliphatic imine (C=N–C) groups is 1. The molecule has 1 aromatic heterocycles. The fourth-order valence-electron chi connectivity index (χ4n) is 5.90. The molecule has 0 atom stereocenters. The van der Waals surface area contributed by atoms with Crippen LogP contribution in [0, 0.1) is 5.82 Å². The number of ether oxygens (including phenoxy) is 1. The summed E-state index contributed by atoms with van der Waals surface area (Å²) in [7, 11) is 0. The first-order valence-corrected chi connectivity index (χ1v) is 16.0. The van der Waals surface area contributed by atoms with Crippen molar-refractivity contribution in [2.45, 2.75) is 70.9 Å². The smallest absolute Gasteiger partial charge is 0.267 e. The molecule has 1 saturated heterocycles. The highest BCUT2D eigenvalue weighted by Crippen LogP contribution is 2.39. The van der Waals surface area contributed by atoms with Crippen LogP contribution in [0.25, 0.3) is 17.0 Å². The summed E-state index contributed by atoms with van der Waals surface area (Å²) >= 11 is 1.34. The molecule has 0 radical (unpaired) electrons. The van der Waals surface area contributed by atoms with Crippen LogP contribution in [0.3, 0.4) is 0 Å². The number of thioether (sulfide) groups is 1. The van der Waals surface area contributed by atoms with Gasteiger partial charge in [-0.3, -0.25) is 9.69 Å². The number of carbonyl (C=O) groups is 1. The fraction of sp³-hybridized carbons (Fsp3) is 0.333. The second kappa shape index (κ2) is 12.4. The molecule has 1 aliphatic heterocycles. The standard InChI is InChI=1S/C36H38FN3O2S/c1-36(2,3)26-17-19-28(20-18-26)42-22-21-39-24-25(29-13-7-10-16-32(29)39)23-33-34(41)40(27-11-5-4-6-12-27)35(43-33)38-31-15-9-8-14-30(31)37/h7-10,13-20,23-24,27H,4-6,11-12,21-22H2,1-3H3/b33-23+,38-35?. The molecule has 1 aliphatic carbocycles. The minimum Gasteiger partial charge on any atom is -0.492 e. The number of hydrogen-bond donors (Lipinski definition) is 0. The van der Waals surface area contributed by atoms with Gasteiger partial charge in [0, 0.05) is 28.7 Å². The van der Waals surface area contributed by atoms with Crippen molar-refractivity contribution >= 4 is 45.5 Å².